The molecule has 92 valence electrons. The first-order valence-corrected chi connectivity index (χ1v) is 6.05. The van der Waals surface area contributed by atoms with Gasteiger partial charge in [-0.3, -0.25) is 4.79 Å². The Bertz CT molecular complexity index is 241. The number of carbonyl (C=O) groups excluding carboxylic acids is 1. The fraction of sp³-hybridized carbons (Fsp3) is 0.500. The predicted octanol–water partition coefficient (Wildman–Crippen LogP) is 3.34. The highest BCUT2D eigenvalue weighted by Gasteiger charge is 1.90. The lowest BCUT2D eigenvalue weighted by atomic mass is 10.1. The molecule has 0 aromatic heterocycles. The summed E-state index contributed by atoms with van der Waals surface area (Å²) in [7, 11) is 0. The molecule has 0 bridgehead atoms. The SMILES string of the molecule is CC.CC.Cc1ccc(CCNC=O)cc1. The Hall–Kier alpha value is -1.31. The van der Waals surface area contributed by atoms with Gasteiger partial charge >= 0.3 is 0 Å². The van der Waals surface area contributed by atoms with Crippen LogP contribution in [0.15, 0.2) is 24.3 Å². The van der Waals surface area contributed by atoms with Gasteiger partial charge in [-0.2, -0.15) is 0 Å². The Morgan fingerprint density at radius 2 is 1.56 bits per heavy atom. The third kappa shape index (κ3) is 9.25. The quantitative estimate of drug-likeness (QED) is 0.615. The summed E-state index contributed by atoms with van der Waals surface area (Å²) in [5, 5.41) is 2.63. The number of hydrogen-bond donors (Lipinski definition) is 1. The Balaban J connectivity index is 0. The van der Waals surface area contributed by atoms with E-state index in [2.05, 4.69) is 36.5 Å². The Morgan fingerprint density at radius 1 is 1.06 bits per heavy atom. The number of aryl methyl sites for hydroxylation is 1. The summed E-state index contributed by atoms with van der Waals surface area (Å²) < 4.78 is 0. The Labute approximate surface area is 100 Å². The van der Waals surface area contributed by atoms with Crippen LogP contribution in [0.1, 0.15) is 38.8 Å². The highest BCUT2D eigenvalue weighted by Crippen LogP contribution is 2.02. The Morgan fingerprint density at radius 3 is 2.00 bits per heavy atom. The maximum atomic E-state index is 9.94. The van der Waals surface area contributed by atoms with E-state index in [4.69, 9.17) is 0 Å². The van der Waals surface area contributed by atoms with E-state index in [0.717, 1.165) is 12.8 Å². The molecule has 0 aliphatic rings. The van der Waals surface area contributed by atoms with Gasteiger partial charge in [-0.1, -0.05) is 57.5 Å². The first-order chi connectivity index (χ1) is 7.83. The van der Waals surface area contributed by atoms with E-state index in [-0.39, 0.29) is 0 Å². The molecule has 1 N–H and O–H groups in total. The zero-order valence-electron chi connectivity index (χ0n) is 11.2. The van der Waals surface area contributed by atoms with Gasteiger partial charge in [0.05, 0.1) is 0 Å². The third-order valence-corrected chi connectivity index (χ3v) is 1.76. The normalized spacial score (nSPS) is 7.81. The first kappa shape index (κ1) is 17.1. The zero-order chi connectivity index (χ0) is 12.8. The van der Waals surface area contributed by atoms with Crippen molar-refractivity contribution in [1.82, 2.24) is 5.32 Å². The van der Waals surface area contributed by atoms with E-state index in [1.807, 2.05) is 27.7 Å². The van der Waals surface area contributed by atoms with Gasteiger partial charge in [-0.25, -0.2) is 0 Å². The topological polar surface area (TPSA) is 29.1 Å². The summed E-state index contributed by atoms with van der Waals surface area (Å²) in [5.74, 6) is 0. The maximum Gasteiger partial charge on any atom is 0.207 e. The average molecular weight is 223 g/mol. The highest BCUT2D eigenvalue weighted by molar-refractivity contribution is 5.45. The van der Waals surface area contributed by atoms with Crippen molar-refractivity contribution in [2.75, 3.05) is 6.54 Å². The fourth-order valence-electron chi connectivity index (χ4n) is 1.03. The molecular formula is C14H25NO. The van der Waals surface area contributed by atoms with E-state index in [1.54, 1.807) is 0 Å². The standard InChI is InChI=1S/C10H13NO.2C2H6/c1-9-2-4-10(5-3-9)6-7-11-8-12;2*1-2/h2-5,8H,6-7H2,1H3,(H,11,12);2*1-2H3. The van der Waals surface area contributed by atoms with Gasteiger partial charge in [0.2, 0.25) is 6.41 Å². The largest absolute Gasteiger partial charge is 0.358 e. The number of amides is 1. The molecule has 0 saturated carbocycles. The maximum absolute atomic E-state index is 9.94. The molecule has 0 aliphatic carbocycles. The van der Waals surface area contributed by atoms with E-state index in [1.165, 1.54) is 11.1 Å². The molecule has 1 rings (SSSR count). The molecule has 0 radical (unpaired) electrons. The first-order valence-electron chi connectivity index (χ1n) is 6.05. The monoisotopic (exact) mass is 223 g/mol. The summed E-state index contributed by atoms with van der Waals surface area (Å²) in [5.41, 5.74) is 2.53. The van der Waals surface area contributed by atoms with Crippen LogP contribution in [0.5, 0.6) is 0 Å². The predicted molar refractivity (Wildman–Crippen MR) is 71.6 cm³/mol. The lowest BCUT2D eigenvalue weighted by Gasteiger charge is -2.00. The molecule has 0 aliphatic heterocycles. The van der Waals surface area contributed by atoms with Crippen LogP contribution in [0.4, 0.5) is 0 Å². The van der Waals surface area contributed by atoms with Gasteiger partial charge in [0.1, 0.15) is 0 Å². The number of benzene rings is 1. The second kappa shape index (κ2) is 13.7. The highest BCUT2D eigenvalue weighted by atomic mass is 16.1. The number of hydrogen-bond acceptors (Lipinski definition) is 1. The van der Waals surface area contributed by atoms with Gasteiger partial charge < -0.3 is 5.32 Å². The van der Waals surface area contributed by atoms with Crippen LogP contribution >= 0.6 is 0 Å². The summed E-state index contributed by atoms with van der Waals surface area (Å²) in [6.07, 6.45) is 1.63. The molecular weight excluding hydrogens is 198 g/mol. The third-order valence-electron chi connectivity index (χ3n) is 1.76. The molecule has 0 heterocycles. The van der Waals surface area contributed by atoms with Crippen molar-refractivity contribution in [2.45, 2.75) is 41.0 Å². The van der Waals surface area contributed by atoms with Crippen molar-refractivity contribution >= 4 is 6.41 Å². The van der Waals surface area contributed by atoms with Gasteiger partial charge in [0.15, 0.2) is 0 Å². The second-order valence-corrected chi connectivity index (χ2v) is 2.81. The van der Waals surface area contributed by atoms with Crippen molar-refractivity contribution < 1.29 is 4.79 Å². The van der Waals surface area contributed by atoms with Crippen molar-refractivity contribution in [2.24, 2.45) is 0 Å². The minimum absolute atomic E-state index is 0.715. The minimum Gasteiger partial charge on any atom is -0.358 e. The van der Waals surface area contributed by atoms with Gasteiger partial charge in [-0.15, -0.1) is 0 Å². The molecule has 0 fully saturated rings. The fourth-order valence-corrected chi connectivity index (χ4v) is 1.03. The molecule has 0 unspecified atom stereocenters. The number of nitrogens with one attached hydrogen (secondary N) is 1. The van der Waals surface area contributed by atoms with Crippen LogP contribution in [0.3, 0.4) is 0 Å². The van der Waals surface area contributed by atoms with Crippen molar-refractivity contribution in [3.8, 4) is 0 Å². The Kier molecular flexibility index (Phi) is 14.6. The molecule has 0 saturated heterocycles. The van der Waals surface area contributed by atoms with E-state index >= 15 is 0 Å². The van der Waals surface area contributed by atoms with Crippen molar-refractivity contribution in [3.05, 3.63) is 35.4 Å². The lowest BCUT2D eigenvalue weighted by molar-refractivity contribution is -0.109. The van der Waals surface area contributed by atoms with E-state index in [9.17, 15) is 4.79 Å². The minimum atomic E-state index is 0.715. The van der Waals surface area contributed by atoms with Crippen LogP contribution < -0.4 is 5.32 Å². The van der Waals surface area contributed by atoms with Crippen LogP contribution in [-0.4, -0.2) is 13.0 Å². The zero-order valence-corrected chi connectivity index (χ0v) is 11.2. The molecule has 2 nitrogen and oxygen atoms in total. The van der Waals surface area contributed by atoms with E-state index < -0.39 is 0 Å². The average Bonchev–Trinajstić information content (AvgIpc) is 2.37. The van der Waals surface area contributed by atoms with Crippen LogP contribution in [0, 0.1) is 6.92 Å². The lowest BCUT2D eigenvalue weighted by Crippen LogP contribution is -2.14. The van der Waals surface area contributed by atoms with E-state index in [0.29, 0.717) is 6.54 Å². The molecule has 1 aromatic rings. The van der Waals surface area contributed by atoms with Crippen LogP contribution in [0.25, 0.3) is 0 Å². The molecule has 2 heteroatoms. The summed E-state index contributed by atoms with van der Waals surface area (Å²) in [6.45, 7) is 10.8. The van der Waals surface area contributed by atoms with Crippen LogP contribution in [-0.2, 0) is 11.2 Å². The molecule has 1 amide bonds. The second-order valence-electron chi connectivity index (χ2n) is 2.81. The summed E-state index contributed by atoms with van der Waals surface area (Å²) in [6, 6.07) is 8.33. The van der Waals surface area contributed by atoms with Gasteiger partial charge in [-0.05, 0) is 18.9 Å². The molecule has 1 aromatic carbocycles. The molecule has 0 spiro atoms. The van der Waals surface area contributed by atoms with Crippen molar-refractivity contribution in [1.29, 1.82) is 0 Å². The van der Waals surface area contributed by atoms with Crippen LogP contribution in [0.2, 0.25) is 0 Å². The van der Waals surface area contributed by atoms with Gasteiger partial charge in [0, 0.05) is 6.54 Å². The smallest absolute Gasteiger partial charge is 0.207 e. The number of carbonyl (C=O) groups is 1. The van der Waals surface area contributed by atoms with Gasteiger partial charge in [0.25, 0.3) is 0 Å². The molecule has 16 heavy (non-hydrogen) atoms. The number of rotatable bonds is 4. The summed E-state index contributed by atoms with van der Waals surface area (Å²) >= 11 is 0. The summed E-state index contributed by atoms with van der Waals surface area (Å²) in [4.78, 5) is 9.94. The molecule has 0 atom stereocenters. The van der Waals surface area contributed by atoms with Crippen molar-refractivity contribution in [3.63, 3.8) is 0 Å².